The van der Waals surface area contributed by atoms with Gasteiger partial charge in [0.2, 0.25) is 0 Å². The number of hydrogen-bond acceptors (Lipinski definition) is 5. The molecule has 2 aliphatic rings. The number of nitrogens with zero attached hydrogens (tertiary/aromatic N) is 5. The number of piperidine rings is 1. The minimum Gasteiger partial charge on any atom is -0.363 e. The molecule has 0 unspecified atom stereocenters. The lowest BCUT2D eigenvalue weighted by Gasteiger charge is -2.33. The Morgan fingerprint density at radius 3 is 2.89 bits per heavy atom. The second kappa shape index (κ2) is 9.72. The molecule has 148 valence electrons. The Hall–Kier alpha value is -1.36. The molecule has 0 radical (unpaired) electrons. The van der Waals surface area contributed by atoms with Crippen LogP contribution in [-0.2, 0) is 19.5 Å². The molecule has 27 heavy (non-hydrogen) atoms. The van der Waals surface area contributed by atoms with Crippen LogP contribution in [-0.4, -0.2) is 46.4 Å². The SMILES string of the molecule is CCNC(=NCc1nnc2n1CCC2)NC1CCN(c2cccs2)CC1.I. The van der Waals surface area contributed by atoms with Crippen LogP contribution in [0.4, 0.5) is 5.00 Å². The van der Waals surface area contributed by atoms with E-state index in [1.165, 1.54) is 11.4 Å². The molecule has 0 saturated carbocycles. The molecule has 2 aromatic rings. The van der Waals surface area contributed by atoms with Crippen LogP contribution in [0.1, 0.15) is 37.8 Å². The van der Waals surface area contributed by atoms with Gasteiger partial charge in [-0.15, -0.1) is 45.5 Å². The molecule has 0 atom stereocenters. The molecule has 9 heteroatoms. The number of thiophene rings is 1. The van der Waals surface area contributed by atoms with Gasteiger partial charge in [0.1, 0.15) is 12.4 Å². The van der Waals surface area contributed by atoms with Gasteiger partial charge in [-0.25, -0.2) is 4.99 Å². The smallest absolute Gasteiger partial charge is 0.191 e. The van der Waals surface area contributed by atoms with E-state index in [-0.39, 0.29) is 24.0 Å². The van der Waals surface area contributed by atoms with Crippen molar-refractivity contribution < 1.29 is 0 Å². The number of guanidine groups is 1. The van der Waals surface area contributed by atoms with Gasteiger partial charge in [0, 0.05) is 38.6 Å². The highest BCUT2D eigenvalue weighted by Gasteiger charge is 2.21. The van der Waals surface area contributed by atoms with E-state index in [1.807, 2.05) is 11.3 Å². The number of aliphatic imine (C=N–C) groups is 1. The molecule has 1 saturated heterocycles. The van der Waals surface area contributed by atoms with Gasteiger partial charge >= 0.3 is 0 Å². The van der Waals surface area contributed by atoms with Crippen molar-refractivity contribution in [2.45, 2.75) is 51.7 Å². The summed E-state index contributed by atoms with van der Waals surface area (Å²) in [6.45, 7) is 6.75. The van der Waals surface area contributed by atoms with Crippen molar-refractivity contribution in [1.29, 1.82) is 0 Å². The van der Waals surface area contributed by atoms with Crippen molar-refractivity contribution in [2.75, 3.05) is 24.5 Å². The summed E-state index contributed by atoms with van der Waals surface area (Å²) in [5.74, 6) is 2.97. The van der Waals surface area contributed by atoms with Gasteiger partial charge in [0.25, 0.3) is 0 Å². The average Bonchev–Trinajstić information content (AvgIpc) is 3.39. The first-order valence-electron chi connectivity index (χ1n) is 9.57. The summed E-state index contributed by atoms with van der Waals surface area (Å²) >= 11 is 1.82. The van der Waals surface area contributed by atoms with E-state index in [0.717, 1.165) is 63.0 Å². The minimum atomic E-state index is 0. The Morgan fingerprint density at radius 1 is 1.30 bits per heavy atom. The van der Waals surface area contributed by atoms with Gasteiger partial charge in [0.05, 0.1) is 5.00 Å². The maximum atomic E-state index is 4.76. The summed E-state index contributed by atoms with van der Waals surface area (Å²) in [6, 6.07) is 4.80. The predicted octanol–water partition coefficient (Wildman–Crippen LogP) is 2.63. The third kappa shape index (κ3) is 4.92. The fourth-order valence-corrected chi connectivity index (χ4v) is 4.47. The van der Waals surface area contributed by atoms with E-state index in [9.17, 15) is 0 Å². The van der Waals surface area contributed by atoms with Crippen LogP contribution < -0.4 is 15.5 Å². The van der Waals surface area contributed by atoms with Crippen molar-refractivity contribution >= 4 is 46.3 Å². The van der Waals surface area contributed by atoms with Gasteiger partial charge in [0.15, 0.2) is 11.8 Å². The van der Waals surface area contributed by atoms with E-state index in [4.69, 9.17) is 4.99 Å². The molecule has 0 amide bonds. The highest BCUT2D eigenvalue weighted by molar-refractivity contribution is 14.0. The van der Waals surface area contributed by atoms with Crippen LogP contribution in [0.25, 0.3) is 0 Å². The number of nitrogens with one attached hydrogen (secondary N) is 2. The van der Waals surface area contributed by atoms with E-state index < -0.39 is 0 Å². The van der Waals surface area contributed by atoms with Crippen LogP contribution in [0, 0.1) is 0 Å². The Morgan fingerprint density at radius 2 is 2.15 bits per heavy atom. The first kappa shape index (κ1) is 20.4. The highest BCUT2D eigenvalue weighted by atomic mass is 127. The van der Waals surface area contributed by atoms with Gasteiger partial charge < -0.3 is 20.1 Å². The molecule has 2 aromatic heterocycles. The average molecular weight is 501 g/mol. The minimum absolute atomic E-state index is 0. The largest absolute Gasteiger partial charge is 0.363 e. The van der Waals surface area contributed by atoms with Crippen molar-refractivity contribution in [2.24, 2.45) is 4.99 Å². The van der Waals surface area contributed by atoms with E-state index in [1.54, 1.807) is 0 Å². The summed E-state index contributed by atoms with van der Waals surface area (Å²) in [7, 11) is 0. The maximum Gasteiger partial charge on any atom is 0.191 e. The molecule has 0 spiro atoms. The van der Waals surface area contributed by atoms with Crippen LogP contribution in [0.2, 0.25) is 0 Å². The van der Waals surface area contributed by atoms with Gasteiger partial charge in [-0.05, 0) is 43.7 Å². The third-order valence-electron chi connectivity index (χ3n) is 5.06. The molecule has 4 rings (SSSR count). The molecule has 7 nitrogen and oxygen atoms in total. The number of fused-ring (bicyclic) bond motifs is 1. The maximum absolute atomic E-state index is 4.76. The van der Waals surface area contributed by atoms with Crippen molar-refractivity contribution in [1.82, 2.24) is 25.4 Å². The Kier molecular flexibility index (Phi) is 7.33. The lowest BCUT2D eigenvalue weighted by atomic mass is 10.1. The van der Waals surface area contributed by atoms with Crippen LogP contribution in [0.15, 0.2) is 22.5 Å². The summed E-state index contributed by atoms with van der Waals surface area (Å²) in [6.07, 6.45) is 4.46. The number of aromatic nitrogens is 3. The van der Waals surface area contributed by atoms with Crippen molar-refractivity contribution in [3.8, 4) is 0 Å². The lowest BCUT2D eigenvalue weighted by molar-refractivity contribution is 0.462. The summed E-state index contributed by atoms with van der Waals surface area (Å²) in [5.41, 5.74) is 0. The summed E-state index contributed by atoms with van der Waals surface area (Å²) < 4.78 is 2.21. The van der Waals surface area contributed by atoms with Gasteiger partial charge in [-0.3, -0.25) is 0 Å². The van der Waals surface area contributed by atoms with E-state index >= 15 is 0 Å². The van der Waals surface area contributed by atoms with Crippen LogP contribution >= 0.6 is 35.3 Å². The fraction of sp³-hybridized carbons (Fsp3) is 0.611. The molecule has 2 aliphatic heterocycles. The molecule has 2 N–H and O–H groups in total. The van der Waals surface area contributed by atoms with Crippen molar-refractivity contribution in [3.63, 3.8) is 0 Å². The number of aryl methyl sites for hydroxylation is 1. The normalized spacial score (nSPS) is 17.5. The quantitative estimate of drug-likeness (QED) is 0.375. The van der Waals surface area contributed by atoms with Crippen molar-refractivity contribution in [3.05, 3.63) is 29.2 Å². The number of hydrogen-bond donors (Lipinski definition) is 2. The molecular formula is C18H28IN7S. The summed E-state index contributed by atoms with van der Waals surface area (Å²) in [4.78, 5) is 7.23. The number of rotatable bonds is 5. The zero-order chi connectivity index (χ0) is 17.8. The fourth-order valence-electron chi connectivity index (χ4n) is 3.68. The lowest BCUT2D eigenvalue weighted by Crippen LogP contribution is -2.48. The Labute approximate surface area is 181 Å². The Balaban J connectivity index is 0.00000210. The second-order valence-electron chi connectivity index (χ2n) is 6.84. The molecule has 0 aromatic carbocycles. The third-order valence-corrected chi connectivity index (χ3v) is 5.99. The standard InChI is InChI=1S/C18H27N7S.HI/c1-2-19-18(20-13-16-23-22-15-5-3-9-25(15)16)21-14-7-10-24(11-8-14)17-6-4-12-26-17;/h4,6,12,14H,2-3,5,7-11,13H2,1H3,(H2,19,20,21);1H. The zero-order valence-electron chi connectivity index (χ0n) is 15.7. The monoisotopic (exact) mass is 501 g/mol. The topological polar surface area (TPSA) is 70.4 Å². The molecule has 0 bridgehead atoms. The molecule has 1 fully saturated rings. The predicted molar refractivity (Wildman–Crippen MR) is 121 cm³/mol. The highest BCUT2D eigenvalue weighted by Crippen LogP contribution is 2.24. The second-order valence-corrected chi connectivity index (χ2v) is 7.77. The van der Waals surface area contributed by atoms with Gasteiger partial charge in [-0.1, -0.05) is 0 Å². The van der Waals surface area contributed by atoms with E-state index in [2.05, 4.69) is 54.7 Å². The molecular weight excluding hydrogens is 473 g/mol. The number of halogens is 1. The number of anilines is 1. The van der Waals surface area contributed by atoms with Crippen LogP contribution in [0.3, 0.4) is 0 Å². The summed E-state index contributed by atoms with van der Waals surface area (Å²) in [5, 5.41) is 19.1. The van der Waals surface area contributed by atoms with Gasteiger partial charge in [-0.2, -0.15) is 0 Å². The zero-order valence-corrected chi connectivity index (χ0v) is 18.9. The Bertz CT molecular complexity index is 735. The first-order chi connectivity index (χ1) is 12.8. The van der Waals surface area contributed by atoms with E-state index in [0.29, 0.717) is 12.6 Å². The molecule has 0 aliphatic carbocycles. The van der Waals surface area contributed by atoms with Crippen LogP contribution in [0.5, 0.6) is 0 Å². The molecule has 4 heterocycles. The first-order valence-corrected chi connectivity index (χ1v) is 10.5.